The van der Waals surface area contributed by atoms with Gasteiger partial charge in [0.1, 0.15) is 11.3 Å². The highest BCUT2D eigenvalue weighted by Crippen LogP contribution is 2.33. The summed E-state index contributed by atoms with van der Waals surface area (Å²) in [5.41, 5.74) is 0.582. The molecule has 2 aliphatic heterocycles. The van der Waals surface area contributed by atoms with Gasteiger partial charge in [0.25, 0.3) is 5.91 Å². The predicted octanol–water partition coefficient (Wildman–Crippen LogP) is 3.12. The van der Waals surface area contributed by atoms with Gasteiger partial charge in [0.05, 0.1) is 7.11 Å². The van der Waals surface area contributed by atoms with E-state index in [4.69, 9.17) is 4.74 Å². The Morgan fingerprint density at radius 3 is 2.42 bits per heavy atom. The molecule has 2 heterocycles. The quantitative estimate of drug-likeness (QED) is 0.708. The van der Waals surface area contributed by atoms with Gasteiger partial charge in [-0.05, 0) is 55.7 Å². The van der Waals surface area contributed by atoms with Crippen LogP contribution in [0.25, 0.3) is 0 Å². The average molecular weight is 428 g/mol. The van der Waals surface area contributed by atoms with Gasteiger partial charge in [-0.2, -0.15) is 0 Å². The second-order valence-electron chi connectivity index (χ2n) is 9.16. The number of piperidine rings is 1. The van der Waals surface area contributed by atoms with E-state index in [1.165, 1.54) is 10.5 Å². The Kier molecular flexibility index (Phi) is 6.49. The molecule has 1 aromatic rings. The van der Waals surface area contributed by atoms with Gasteiger partial charge < -0.3 is 15.0 Å². The first-order chi connectivity index (χ1) is 15.0. The number of rotatable bonds is 6. The Bertz CT molecular complexity index is 809. The molecule has 168 valence electrons. The summed E-state index contributed by atoms with van der Waals surface area (Å²) >= 11 is 0. The first-order valence-corrected chi connectivity index (χ1v) is 11.6. The third-order valence-corrected chi connectivity index (χ3v) is 7.15. The van der Waals surface area contributed by atoms with Crippen LogP contribution >= 0.6 is 0 Å². The lowest BCUT2D eigenvalue weighted by Gasteiger charge is -2.32. The van der Waals surface area contributed by atoms with E-state index in [1.54, 1.807) is 7.11 Å². The van der Waals surface area contributed by atoms with Crippen molar-refractivity contribution in [2.75, 3.05) is 26.7 Å². The number of nitrogens with one attached hydrogen (secondary N) is 1. The highest BCUT2D eigenvalue weighted by Gasteiger charge is 2.51. The minimum atomic E-state index is -0.710. The number of carbonyl (C=O) groups is 3. The normalized spacial score (nSPS) is 21.5. The maximum atomic E-state index is 12.8. The molecule has 1 N–H and O–H groups in total. The van der Waals surface area contributed by atoms with Crippen LogP contribution in [-0.2, 0) is 16.0 Å². The van der Waals surface area contributed by atoms with Crippen LogP contribution in [0.2, 0.25) is 0 Å². The zero-order valence-corrected chi connectivity index (χ0v) is 18.4. The van der Waals surface area contributed by atoms with Crippen LogP contribution < -0.4 is 10.1 Å². The number of carbonyl (C=O) groups excluding carboxylic acids is 3. The van der Waals surface area contributed by atoms with Crippen molar-refractivity contribution < 1.29 is 19.1 Å². The smallest absolute Gasteiger partial charge is 0.325 e. The number of hydrogen-bond acceptors (Lipinski definition) is 4. The number of nitrogens with zero attached hydrogens (tertiary/aromatic N) is 2. The fraction of sp³-hybridized carbons (Fsp3) is 0.625. The fourth-order valence-electron chi connectivity index (χ4n) is 5.22. The van der Waals surface area contributed by atoms with E-state index >= 15 is 0 Å². The van der Waals surface area contributed by atoms with Crippen LogP contribution in [-0.4, -0.2) is 59.9 Å². The Labute approximate surface area is 184 Å². The number of ether oxygens (including phenoxy) is 1. The van der Waals surface area contributed by atoms with Gasteiger partial charge in [-0.1, -0.05) is 31.4 Å². The first kappa shape index (κ1) is 21.7. The molecule has 7 nitrogen and oxygen atoms in total. The second-order valence-corrected chi connectivity index (χ2v) is 9.16. The van der Waals surface area contributed by atoms with E-state index in [0.29, 0.717) is 18.8 Å². The molecule has 31 heavy (non-hydrogen) atoms. The van der Waals surface area contributed by atoms with Gasteiger partial charge in [0.2, 0.25) is 5.91 Å². The van der Waals surface area contributed by atoms with Crippen LogP contribution in [0.4, 0.5) is 4.79 Å². The van der Waals surface area contributed by atoms with Crippen molar-refractivity contribution in [3.05, 3.63) is 29.8 Å². The third-order valence-electron chi connectivity index (χ3n) is 7.15. The number of likely N-dealkylation sites (tertiary alicyclic amines) is 1. The Hall–Kier alpha value is -2.57. The summed E-state index contributed by atoms with van der Waals surface area (Å²) in [5, 5.41) is 2.91. The molecular formula is C24H33N3O4. The number of hydrogen-bond donors (Lipinski definition) is 1. The van der Waals surface area contributed by atoms with E-state index < -0.39 is 5.54 Å². The summed E-state index contributed by atoms with van der Waals surface area (Å²) in [6.45, 7) is 1.66. The largest absolute Gasteiger partial charge is 0.497 e. The Balaban J connectivity index is 1.23. The number of benzene rings is 1. The van der Waals surface area contributed by atoms with Crippen LogP contribution in [0.15, 0.2) is 24.3 Å². The molecule has 1 saturated carbocycles. The van der Waals surface area contributed by atoms with Crippen molar-refractivity contribution in [2.24, 2.45) is 5.92 Å². The molecule has 1 spiro atoms. The standard InChI is InChI=1S/C24H33N3O4/c1-31-20-7-5-18(6-8-20)17-19-9-14-26(15-10-19)21(28)11-16-27-22(29)24(25-23(27)30)12-3-2-4-13-24/h5-8,19H,2-4,9-17H2,1H3,(H,25,30). The summed E-state index contributed by atoms with van der Waals surface area (Å²) < 4.78 is 5.21. The molecule has 4 rings (SSSR count). The molecule has 4 amide bonds. The molecule has 0 atom stereocenters. The van der Waals surface area contributed by atoms with Gasteiger partial charge in [0, 0.05) is 26.1 Å². The number of imide groups is 1. The summed E-state index contributed by atoms with van der Waals surface area (Å²) in [6, 6.07) is 7.85. The van der Waals surface area contributed by atoms with Gasteiger partial charge in [0.15, 0.2) is 0 Å². The summed E-state index contributed by atoms with van der Waals surface area (Å²) in [4.78, 5) is 41.1. The molecule has 1 aromatic carbocycles. The van der Waals surface area contributed by atoms with Crippen LogP contribution in [0.1, 0.15) is 56.9 Å². The third kappa shape index (κ3) is 4.70. The maximum Gasteiger partial charge on any atom is 0.325 e. The van der Waals surface area contributed by atoms with E-state index in [-0.39, 0.29) is 30.8 Å². The van der Waals surface area contributed by atoms with Crippen molar-refractivity contribution in [1.29, 1.82) is 0 Å². The number of urea groups is 1. The maximum absolute atomic E-state index is 12.8. The predicted molar refractivity (Wildman–Crippen MR) is 117 cm³/mol. The van der Waals surface area contributed by atoms with E-state index in [9.17, 15) is 14.4 Å². The van der Waals surface area contributed by atoms with E-state index in [0.717, 1.165) is 57.4 Å². The van der Waals surface area contributed by atoms with Crippen LogP contribution in [0, 0.1) is 5.92 Å². The van der Waals surface area contributed by atoms with Crippen molar-refractivity contribution in [3.63, 3.8) is 0 Å². The lowest BCUT2D eigenvalue weighted by molar-refractivity contribution is -0.135. The Morgan fingerprint density at radius 1 is 1.10 bits per heavy atom. The van der Waals surface area contributed by atoms with Crippen molar-refractivity contribution >= 4 is 17.8 Å². The second kappa shape index (κ2) is 9.28. The molecular weight excluding hydrogens is 394 g/mol. The first-order valence-electron chi connectivity index (χ1n) is 11.6. The lowest BCUT2D eigenvalue weighted by atomic mass is 9.82. The molecule has 3 aliphatic rings. The van der Waals surface area contributed by atoms with Crippen molar-refractivity contribution in [3.8, 4) is 5.75 Å². The molecule has 7 heteroatoms. The van der Waals surface area contributed by atoms with Gasteiger partial charge in [-0.3, -0.25) is 14.5 Å². The molecule has 0 unspecified atom stereocenters. The molecule has 0 radical (unpaired) electrons. The number of amides is 4. The SMILES string of the molecule is COc1ccc(CC2CCN(C(=O)CCN3C(=O)NC4(CCCCC4)C3=O)CC2)cc1. The van der Waals surface area contributed by atoms with Crippen LogP contribution in [0.3, 0.4) is 0 Å². The highest BCUT2D eigenvalue weighted by molar-refractivity contribution is 6.07. The molecule has 0 bridgehead atoms. The van der Waals surface area contributed by atoms with E-state index in [1.807, 2.05) is 17.0 Å². The molecule has 3 fully saturated rings. The fourth-order valence-corrected chi connectivity index (χ4v) is 5.22. The minimum Gasteiger partial charge on any atom is -0.497 e. The lowest BCUT2D eigenvalue weighted by Crippen LogP contribution is -2.48. The average Bonchev–Trinajstić information content (AvgIpc) is 3.02. The van der Waals surface area contributed by atoms with Crippen molar-refractivity contribution in [2.45, 2.75) is 63.3 Å². The monoisotopic (exact) mass is 427 g/mol. The minimum absolute atomic E-state index is 0.0353. The van der Waals surface area contributed by atoms with Crippen LogP contribution in [0.5, 0.6) is 5.75 Å². The molecule has 0 aromatic heterocycles. The Morgan fingerprint density at radius 2 is 1.77 bits per heavy atom. The van der Waals surface area contributed by atoms with Gasteiger partial charge in [-0.15, -0.1) is 0 Å². The number of methoxy groups -OCH3 is 1. The zero-order valence-electron chi connectivity index (χ0n) is 18.4. The van der Waals surface area contributed by atoms with Crippen molar-refractivity contribution in [1.82, 2.24) is 15.1 Å². The molecule has 1 aliphatic carbocycles. The summed E-state index contributed by atoms with van der Waals surface area (Å²) in [7, 11) is 1.67. The topological polar surface area (TPSA) is 79.0 Å². The summed E-state index contributed by atoms with van der Waals surface area (Å²) in [6.07, 6.45) is 7.63. The zero-order chi connectivity index (χ0) is 21.8. The highest BCUT2D eigenvalue weighted by atomic mass is 16.5. The van der Waals surface area contributed by atoms with E-state index in [2.05, 4.69) is 17.4 Å². The molecule has 2 saturated heterocycles. The summed E-state index contributed by atoms with van der Waals surface area (Å²) in [5.74, 6) is 1.33. The van der Waals surface area contributed by atoms with Gasteiger partial charge in [-0.25, -0.2) is 4.79 Å². The van der Waals surface area contributed by atoms with Gasteiger partial charge >= 0.3 is 6.03 Å².